The van der Waals surface area contributed by atoms with Gasteiger partial charge in [0.05, 0.1) is 22.5 Å². The van der Waals surface area contributed by atoms with Gasteiger partial charge in [0.15, 0.2) is 11.6 Å². The fourth-order valence-corrected chi connectivity index (χ4v) is 4.32. The largest absolute Gasteiger partial charge is 0.361 e. The summed E-state index contributed by atoms with van der Waals surface area (Å²) in [5.74, 6) is 3.06. The van der Waals surface area contributed by atoms with Gasteiger partial charge < -0.3 is 14.7 Å². The summed E-state index contributed by atoms with van der Waals surface area (Å²) in [7, 11) is 0. The topological polar surface area (TPSA) is 84.2 Å². The lowest BCUT2D eigenvalue weighted by molar-refractivity contribution is -0.113. The number of hydrogen-bond acceptors (Lipinski definition) is 7. The monoisotopic (exact) mass is 397 g/mol. The van der Waals surface area contributed by atoms with Gasteiger partial charge in [-0.05, 0) is 38.8 Å². The molecular weight excluding hydrogens is 374 g/mol. The number of rotatable bonds is 6. The summed E-state index contributed by atoms with van der Waals surface area (Å²) in [6, 6.07) is 7.75. The Hall–Kier alpha value is -2.61. The molecule has 3 aromatic rings. The van der Waals surface area contributed by atoms with Crippen LogP contribution in [0.3, 0.4) is 0 Å². The van der Waals surface area contributed by atoms with E-state index >= 15 is 0 Å². The van der Waals surface area contributed by atoms with Crippen molar-refractivity contribution in [2.75, 3.05) is 29.1 Å². The zero-order chi connectivity index (χ0) is 19.5. The van der Waals surface area contributed by atoms with Gasteiger partial charge >= 0.3 is 0 Å². The highest BCUT2D eigenvalue weighted by Crippen LogP contribution is 2.28. The number of thioether (sulfide) groups is 1. The number of para-hydroxylation sites is 2. The molecule has 28 heavy (non-hydrogen) atoms. The molecule has 1 N–H and O–H groups in total. The number of aromatic nitrogens is 3. The third-order valence-corrected chi connectivity index (χ3v) is 5.84. The van der Waals surface area contributed by atoms with Crippen LogP contribution in [-0.4, -0.2) is 39.9 Å². The minimum absolute atomic E-state index is 0.0817. The predicted octanol–water partition coefficient (Wildman–Crippen LogP) is 3.71. The molecule has 3 heterocycles. The summed E-state index contributed by atoms with van der Waals surface area (Å²) < 4.78 is 5.17. The van der Waals surface area contributed by atoms with Gasteiger partial charge in [-0.15, -0.1) is 11.8 Å². The number of amides is 1. The molecule has 0 radical (unpaired) electrons. The van der Waals surface area contributed by atoms with Crippen LogP contribution in [-0.2, 0) is 10.5 Å². The van der Waals surface area contributed by atoms with E-state index < -0.39 is 0 Å². The van der Waals surface area contributed by atoms with Crippen LogP contribution in [0, 0.1) is 13.8 Å². The van der Waals surface area contributed by atoms with Gasteiger partial charge in [0.2, 0.25) is 5.91 Å². The van der Waals surface area contributed by atoms with Crippen LogP contribution in [0.15, 0.2) is 28.8 Å². The van der Waals surface area contributed by atoms with E-state index in [0.717, 1.165) is 59.8 Å². The highest BCUT2D eigenvalue weighted by atomic mass is 32.2. The molecule has 0 spiro atoms. The highest BCUT2D eigenvalue weighted by molar-refractivity contribution is 7.99. The number of aryl methyl sites for hydroxylation is 2. The zero-order valence-corrected chi connectivity index (χ0v) is 16.9. The van der Waals surface area contributed by atoms with Crippen molar-refractivity contribution in [3.63, 3.8) is 0 Å². The number of carbonyl (C=O) groups is 1. The Bertz CT molecular complexity index is 978. The van der Waals surface area contributed by atoms with Crippen molar-refractivity contribution in [3.8, 4) is 0 Å². The molecule has 7 nitrogen and oxygen atoms in total. The van der Waals surface area contributed by atoms with E-state index in [4.69, 9.17) is 9.51 Å². The summed E-state index contributed by atoms with van der Waals surface area (Å²) in [6.07, 6.45) is 2.27. The van der Waals surface area contributed by atoms with Crippen LogP contribution in [0.4, 0.5) is 11.6 Å². The van der Waals surface area contributed by atoms with Crippen LogP contribution < -0.4 is 10.2 Å². The number of carbonyl (C=O) groups excluding carboxylic acids is 1. The summed E-state index contributed by atoms with van der Waals surface area (Å²) in [6.45, 7) is 5.69. The maximum Gasteiger partial charge on any atom is 0.235 e. The SMILES string of the molecule is Cc1noc(C)c1CSCC(=O)Nc1nc2ccccc2nc1N1CCCC1. The standard InChI is InChI=1S/C20H23N5O2S/c1-13-15(14(2)27-24-13)11-28-12-18(26)23-19-20(25-9-5-6-10-25)22-17-8-4-3-7-16(17)21-19/h3-4,7-8H,5-6,9-12H2,1-2H3,(H,21,23,26). The van der Waals surface area contributed by atoms with E-state index in [-0.39, 0.29) is 5.91 Å². The first-order valence-electron chi connectivity index (χ1n) is 9.43. The number of benzene rings is 1. The average Bonchev–Trinajstić information content (AvgIpc) is 3.33. The first-order chi connectivity index (χ1) is 13.6. The van der Waals surface area contributed by atoms with E-state index in [0.29, 0.717) is 17.3 Å². The van der Waals surface area contributed by atoms with Crippen molar-refractivity contribution >= 4 is 40.3 Å². The van der Waals surface area contributed by atoms with Gasteiger partial charge in [-0.25, -0.2) is 9.97 Å². The molecule has 2 aromatic heterocycles. The Morgan fingerprint density at radius 2 is 1.89 bits per heavy atom. The second-order valence-electron chi connectivity index (χ2n) is 6.92. The molecule has 0 aliphatic carbocycles. The molecule has 1 aliphatic heterocycles. The van der Waals surface area contributed by atoms with E-state index in [9.17, 15) is 4.79 Å². The molecule has 1 amide bonds. The fraction of sp³-hybridized carbons (Fsp3) is 0.400. The van der Waals surface area contributed by atoms with E-state index in [1.807, 2.05) is 38.1 Å². The molecule has 8 heteroatoms. The lowest BCUT2D eigenvalue weighted by Crippen LogP contribution is -2.24. The summed E-state index contributed by atoms with van der Waals surface area (Å²) in [5, 5.41) is 6.93. The van der Waals surface area contributed by atoms with Gasteiger partial charge in [-0.1, -0.05) is 17.3 Å². The van der Waals surface area contributed by atoms with Crippen molar-refractivity contribution in [1.82, 2.24) is 15.1 Å². The molecule has 1 aromatic carbocycles. The summed E-state index contributed by atoms with van der Waals surface area (Å²) in [5.41, 5.74) is 3.56. The van der Waals surface area contributed by atoms with Crippen molar-refractivity contribution in [2.45, 2.75) is 32.4 Å². The van der Waals surface area contributed by atoms with Crippen molar-refractivity contribution in [1.29, 1.82) is 0 Å². The van der Waals surface area contributed by atoms with Crippen LogP contribution in [0.25, 0.3) is 11.0 Å². The Morgan fingerprint density at radius 3 is 2.57 bits per heavy atom. The molecular formula is C20H23N5O2S. The second kappa shape index (κ2) is 8.18. The number of fused-ring (bicyclic) bond motifs is 1. The first-order valence-corrected chi connectivity index (χ1v) is 10.6. The minimum Gasteiger partial charge on any atom is -0.361 e. The number of nitrogens with one attached hydrogen (secondary N) is 1. The molecule has 4 rings (SSSR count). The molecule has 0 atom stereocenters. The first kappa shape index (κ1) is 18.7. The van der Waals surface area contributed by atoms with E-state index in [1.165, 1.54) is 11.8 Å². The van der Waals surface area contributed by atoms with Gasteiger partial charge in [0, 0.05) is 24.4 Å². The lowest BCUT2D eigenvalue weighted by Gasteiger charge is -2.20. The van der Waals surface area contributed by atoms with Gasteiger partial charge in [-0.2, -0.15) is 0 Å². The normalized spacial score (nSPS) is 14.0. The quantitative estimate of drug-likeness (QED) is 0.679. The van der Waals surface area contributed by atoms with Crippen LogP contribution in [0.2, 0.25) is 0 Å². The minimum atomic E-state index is -0.0817. The van der Waals surface area contributed by atoms with Gasteiger partial charge in [-0.3, -0.25) is 4.79 Å². The number of hydrogen-bond donors (Lipinski definition) is 1. The molecule has 1 saturated heterocycles. The van der Waals surface area contributed by atoms with E-state index in [1.54, 1.807) is 0 Å². The number of nitrogens with zero attached hydrogens (tertiary/aromatic N) is 4. The predicted molar refractivity (Wildman–Crippen MR) is 112 cm³/mol. The summed E-state index contributed by atoms with van der Waals surface area (Å²) >= 11 is 1.53. The zero-order valence-electron chi connectivity index (χ0n) is 16.1. The Balaban J connectivity index is 1.48. The Kier molecular flexibility index (Phi) is 5.47. The van der Waals surface area contributed by atoms with Crippen molar-refractivity contribution < 1.29 is 9.32 Å². The number of anilines is 2. The lowest BCUT2D eigenvalue weighted by atomic mass is 10.2. The maximum atomic E-state index is 12.6. The smallest absolute Gasteiger partial charge is 0.235 e. The van der Waals surface area contributed by atoms with Crippen molar-refractivity contribution in [2.24, 2.45) is 0 Å². The average molecular weight is 398 g/mol. The second-order valence-corrected chi connectivity index (χ2v) is 7.91. The molecule has 0 bridgehead atoms. The van der Waals surface area contributed by atoms with Crippen LogP contribution in [0.5, 0.6) is 0 Å². The fourth-order valence-electron chi connectivity index (χ4n) is 3.35. The molecule has 0 saturated carbocycles. The Morgan fingerprint density at radius 1 is 1.18 bits per heavy atom. The van der Waals surface area contributed by atoms with E-state index in [2.05, 4.69) is 20.4 Å². The molecule has 1 fully saturated rings. The van der Waals surface area contributed by atoms with Gasteiger partial charge in [0.25, 0.3) is 0 Å². The molecule has 146 valence electrons. The summed E-state index contributed by atoms with van der Waals surface area (Å²) in [4.78, 5) is 24.2. The third kappa shape index (κ3) is 3.96. The third-order valence-electron chi connectivity index (χ3n) is 4.88. The van der Waals surface area contributed by atoms with Crippen molar-refractivity contribution in [3.05, 3.63) is 41.3 Å². The molecule has 1 aliphatic rings. The highest BCUT2D eigenvalue weighted by Gasteiger charge is 2.21. The van der Waals surface area contributed by atoms with Crippen LogP contribution >= 0.6 is 11.8 Å². The van der Waals surface area contributed by atoms with Gasteiger partial charge in [0.1, 0.15) is 5.76 Å². The maximum absolute atomic E-state index is 12.6. The van der Waals surface area contributed by atoms with Crippen LogP contribution in [0.1, 0.15) is 29.9 Å². The molecule has 0 unspecified atom stereocenters. The Labute approximate surface area is 167 Å².